The molecule has 3 aromatic rings. The Kier molecular flexibility index (Phi) is 5.14. The molecule has 0 radical (unpaired) electrons. The second-order valence-electron chi connectivity index (χ2n) is 6.48. The number of benzene rings is 1. The van der Waals surface area contributed by atoms with Crippen molar-refractivity contribution in [2.75, 3.05) is 18.0 Å². The van der Waals surface area contributed by atoms with E-state index >= 15 is 0 Å². The molecule has 1 aliphatic heterocycles. The van der Waals surface area contributed by atoms with Gasteiger partial charge >= 0.3 is 5.97 Å². The van der Waals surface area contributed by atoms with Gasteiger partial charge < -0.3 is 14.2 Å². The first-order valence-corrected chi connectivity index (χ1v) is 9.05. The van der Waals surface area contributed by atoms with E-state index in [0.29, 0.717) is 17.1 Å². The summed E-state index contributed by atoms with van der Waals surface area (Å²) in [4.78, 5) is 33.5. The third kappa shape index (κ3) is 4.05. The Bertz CT molecular complexity index is 1030. The summed E-state index contributed by atoms with van der Waals surface area (Å²) in [5.41, 5.74) is 1.27. The Balaban J connectivity index is 1.51. The Morgan fingerprint density at radius 3 is 2.83 bits per heavy atom. The molecule has 29 heavy (non-hydrogen) atoms. The monoisotopic (exact) mass is 395 g/mol. The zero-order chi connectivity index (χ0) is 20.2. The van der Waals surface area contributed by atoms with Crippen LogP contribution in [0.25, 0.3) is 11.4 Å². The first-order valence-electron chi connectivity index (χ1n) is 9.05. The van der Waals surface area contributed by atoms with Gasteiger partial charge in [-0.05, 0) is 31.0 Å². The smallest absolute Gasteiger partial charge is 0.341 e. The molecular weight excluding hydrogens is 378 g/mol. The van der Waals surface area contributed by atoms with Crippen molar-refractivity contribution in [1.29, 1.82) is 0 Å². The number of nitro benzene ring substituents is 1. The van der Waals surface area contributed by atoms with Gasteiger partial charge in [-0.25, -0.2) is 4.79 Å². The largest absolute Gasteiger partial charge is 0.452 e. The Morgan fingerprint density at radius 2 is 2.10 bits per heavy atom. The number of pyridine rings is 1. The second kappa shape index (κ2) is 8.05. The number of aromatic nitrogens is 3. The van der Waals surface area contributed by atoms with Gasteiger partial charge in [0.05, 0.1) is 16.2 Å². The van der Waals surface area contributed by atoms with E-state index in [-0.39, 0.29) is 23.7 Å². The molecule has 0 amide bonds. The number of carbonyl (C=O) groups excluding carboxylic acids is 1. The number of ether oxygens (including phenoxy) is 1. The number of non-ortho nitro benzene ring substituents is 1. The zero-order valence-electron chi connectivity index (χ0n) is 15.4. The standard InChI is InChI=1S/C19H17N5O5/c25-19(28-12-17-21-18(22-29-17)13-4-3-7-20-11-13)15-10-14(24(26)27)5-6-16(15)23-8-1-2-9-23/h3-7,10-11H,1-2,8-9,12H2. The molecule has 148 valence electrons. The molecule has 0 spiro atoms. The molecule has 10 nitrogen and oxygen atoms in total. The van der Waals surface area contributed by atoms with Gasteiger partial charge in [0.2, 0.25) is 5.82 Å². The highest BCUT2D eigenvalue weighted by Crippen LogP contribution is 2.29. The molecule has 3 heterocycles. The Morgan fingerprint density at radius 1 is 1.28 bits per heavy atom. The average Bonchev–Trinajstić information content (AvgIpc) is 3.44. The van der Waals surface area contributed by atoms with Crippen LogP contribution in [0.3, 0.4) is 0 Å². The minimum absolute atomic E-state index is 0.116. The van der Waals surface area contributed by atoms with Gasteiger partial charge in [0, 0.05) is 43.2 Å². The van der Waals surface area contributed by atoms with Crippen LogP contribution in [0.4, 0.5) is 11.4 Å². The molecule has 4 rings (SSSR count). The van der Waals surface area contributed by atoms with Crippen molar-refractivity contribution in [2.24, 2.45) is 0 Å². The third-order valence-electron chi connectivity index (χ3n) is 4.57. The molecule has 1 aliphatic rings. The summed E-state index contributed by atoms with van der Waals surface area (Å²) < 4.78 is 10.4. The van der Waals surface area contributed by atoms with E-state index in [1.807, 2.05) is 4.90 Å². The van der Waals surface area contributed by atoms with E-state index in [2.05, 4.69) is 15.1 Å². The maximum absolute atomic E-state index is 12.7. The molecule has 0 aliphatic carbocycles. The van der Waals surface area contributed by atoms with E-state index in [0.717, 1.165) is 25.9 Å². The summed E-state index contributed by atoms with van der Waals surface area (Å²) in [6.45, 7) is 1.33. The minimum atomic E-state index is -0.684. The van der Waals surface area contributed by atoms with Crippen LogP contribution in [0, 0.1) is 10.1 Å². The fourth-order valence-electron chi connectivity index (χ4n) is 3.17. The van der Waals surface area contributed by atoms with Crippen molar-refractivity contribution in [1.82, 2.24) is 15.1 Å². The van der Waals surface area contributed by atoms with Gasteiger partial charge in [-0.3, -0.25) is 15.1 Å². The molecule has 1 saturated heterocycles. The molecule has 0 N–H and O–H groups in total. The van der Waals surface area contributed by atoms with Crippen molar-refractivity contribution in [3.8, 4) is 11.4 Å². The molecule has 1 fully saturated rings. The zero-order valence-corrected chi connectivity index (χ0v) is 15.4. The number of anilines is 1. The van der Waals surface area contributed by atoms with Crippen molar-refractivity contribution in [3.63, 3.8) is 0 Å². The number of rotatable bonds is 6. The van der Waals surface area contributed by atoms with Gasteiger partial charge in [-0.2, -0.15) is 4.98 Å². The predicted octanol–water partition coefficient (Wildman–Crippen LogP) is 3.00. The number of nitro groups is 1. The van der Waals surface area contributed by atoms with Crippen LogP contribution in [0.5, 0.6) is 0 Å². The fraction of sp³-hybridized carbons (Fsp3) is 0.263. The summed E-state index contributed by atoms with van der Waals surface area (Å²) in [5.74, 6) is -0.237. The van der Waals surface area contributed by atoms with E-state index in [1.54, 1.807) is 30.6 Å². The number of carbonyl (C=O) groups is 1. The summed E-state index contributed by atoms with van der Waals surface area (Å²) in [6, 6.07) is 7.74. The molecule has 0 bridgehead atoms. The quantitative estimate of drug-likeness (QED) is 0.352. The predicted molar refractivity (Wildman–Crippen MR) is 101 cm³/mol. The first-order chi connectivity index (χ1) is 14.1. The Hall–Kier alpha value is -3.82. The highest BCUT2D eigenvalue weighted by molar-refractivity contribution is 5.96. The first kappa shape index (κ1) is 18.5. The third-order valence-corrected chi connectivity index (χ3v) is 4.57. The SMILES string of the molecule is O=C(OCc1nc(-c2cccnc2)no1)c1cc([N+](=O)[O-])ccc1N1CCCC1. The normalized spacial score (nSPS) is 13.4. The molecule has 1 aromatic carbocycles. The van der Waals surface area contributed by atoms with Gasteiger partial charge in [0.15, 0.2) is 6.61 Å². The molecular formula is C19H17N5O5. The van der Waals surface area contributed by atoms with Gasteiger partial charge in [0.1, 0.15) is 0 Å². The van der Waals surface area contributed by atoms with Crippen LogP contribution in [-0.2, 0) is 11.3 Å². The average molecular weight is 395 g/mol. The van der Waals surface area contributed by atoms with Crippen molar-refractivity contribution in [3.05, 3.63) is 64.3 Å². The second-order valence-corrected chi connectivity index (χ2v) is 6.48. The Labute approximate surface area is 165 Å². The number of hydrogen-bond donors (Lipinski definition) is 0. The highest BCUT2D eigenvalue weighted by Gasteiger charge is 2.24. The highest BCUT2D eigenvalue weighted by atomic mass is 16.6. The van der Waals surface area contributed by atoms with Crippen LogP contribution in [-0.4, -0.2) is 39.1 Å². The molecule has 0 unspecified atom stereocenters. The van der Waals surface area contributed by atoms with E-state index in [9.17, 15) is 14.9 Å². The summed E-state index contributed by atoms with van der Waals surface area (Å²) >= 11 is 0. The van der Waals surface area contributed by atoms with Crippen LogP contribution in [0.15, 0.2) is 47.2 Å². The molecule has 10 heteroatoms. The van der Waals surface area contributed by atoms with Crippen LogP contribution >= 0.6 is 0 Å². The lowest BCUT2D eigenvalue weighted by Gasteiger charge is -2.20. The lowest BCUT2D eigenvalue weighted by atomic mass is 10.1. The van der Waals surface area contributed by atoms with Crippen LogP contribution < -0.4 is 4.90 Å². The van der Waals surface area contributed by atoms with E-state index in [4.69, 9.17) is 9.26 Å². The van der Waals surface area contributed by atoms with Crippen molar-refractivity contribution >= 4 is 17.3 Å². The maximum Gasteiger partial charge on any atom is 0.341 e. The summed E-state index contributed by atoms with van der Waals surface area (Å²) in [5, 5.41) is 15.0. The topological polar surface area (TPSA) is 124 Å². The summed E-state index contributed by atoms with van der Waals surface area (Å²) in [6.07, 6.45) is 5.23. The molecule has 0 atom stereocenters. The fourth-order valence-corrected chi connectivity index (χ4v) is 3.17. The minimum Gasteiger partial charge on any atom is -0.452 e. The van der Waals surface area contributed by atoms with Crippen molar-refractivity contribution < 1.29 is 19.0 Å². The van der Waals surface area contributed by atoms with Crippen LogP contribution in [0.2, 0.25) is 0 Å². The van der Waals surface area contributed by atoms with Gasteiger partial charge in [-0.15, -0.1) is 0 Å². The number of esters is 1. The maximum atomic E-state index is 12.7. The summed E-state index contributed by atoms with van der Waals surface area (Å²) in [7, 11) is 0. The van der Waals surface area contributed by atoms with Gasteiger partial charge in [0.25, 0.3) is 11.6 Å². The van der Waals surface area contributed by atoms with Gasteiger partial charge in [-0.1, -0.05) is 5.16 Å². The van der Waals surface area contributed by atoms with E-state index < -0.39 is 10.9 Å². The molecule has 2 aromatic heterocycles. The lowest BCUT2D eigenvalue weighted by molar-refractivity contribution is -0.384. The molecule has 0 saturated carbocycles. The van der Waals surface area contributed by atoms with E-state index in [1.165, 1.54) is 12.1 Å². The number of hydrogen-bond acceptors (Lipinski definition) is 9. The van der Waals surface area contributed by atoms with Crippen LogP contribution in [0.1, 0.15) is 29.1 Å². The number of nitrogens with zero attached hydrogens (tertiary/aromatic N) is 5. The van der Waals surface area contributed by atoms with Crippen molar-refractivity contribution in [2.45, 2.75) is 19.4 Å². The lowest BCUT2D eigenvalue weighted by Crippen LogP contribution is -2.21.